The van der Waals surface area contributed by atoms with Gasteiger partial charge in [-0.05, 0) is 12.0 Å². The molecule has 0 saturated carbocycles. The van der Waals surface area contributed by atoms with Gasteiger partial charge < -0.3 is 9.47 Å². The largest absolute Gasteiger partial charge is 0.493 e. The Labute approximate surface area is 116 Å². The van der Waals surface area contributed by atoms with Gasteiger partial charge in [-0.25, -0.2) is 8.42 Å². The van der Waals surface area contributed by atoms with E-state index in [1.807, 2.05) is 6.92 Å². The van der Waals surface area contributed by atoms with Gasteiger partial charge >= 0.3 is 0 Å². The summed E-state index contributed by atoms with van der Waals surface area (Å²) in [5.74, 6) is 0.617. The fourth-order valence-electron chi connectivity index (χ4n) is 1.78. The van der Waals surface area contributed by atoms with Gasteiger partial charge in [0, 0.05) is 27.3 Å². The van der Waals surface area contributed by atoms with Crippen molar-refractivity contribution in [2.24, 2.45) is 0 Å². The number of halogens is 2. The quantitative estimate of drug-likeness (QED) is 0.784. The second kappa shape index (κ2) is 5.99. The van der Waals surface area contributed by atoms with Gasteiger partial charge in [0.05, 0.1) is 20.0 Å². The van der Waals surface area contributed by atoms with Crippen LogP contribution in [0, 0.1) is 0 Å². The maximum atomic E-state index is 11.2. The van der Waals surface area contributed by atoms with Crippen molar-refractivity contribution in [3.8, 4) is 11.5 Å². The maximum Gasteiger partial charge on any atom is 0.236 e. The number of hydrogen-bond donors (Lipinski definition) is 0. The minimum absolute atomic E-state index is 0.300. The summed E-state index contributed by atoms with van der Waals surface area (Å²) in [7, 11) is 4.58. The molecule has 0 aliphatic carbocycles. The third-order valence-electron chi connectivity index (χ3n) is 2.50. The lowest BCUT2D eigenvalue weighted by molar-refractivity contribution is 0.351. The molecule has 0 aromatic heterocycles. The number of benzene rings is 1. The van der Waals surface area contributed by atoms with E-state index in [1.165, 1.54) is 20.3 Å². The van der Waals surface area contributed by atoms with E-state index >= 15 is 0 Å². The molecule has 1 aromatic rings. The first-order valence-electron chi connectivity index (χ1n) is 5.18. The lowest BCUT2D eigenvalue weighted by Crippen LogP contribution is -2.04. The average Bonchev–Trinajstić information content (AvgIpc) is 2.29. The topological polar surface area (TPSA) is 52.6 Å². The van der Waals surface area contributed by atoms with Crippen molar-refractivity contribution in [2.45, 2.75) is 19.1 Å². The van der Waals surface area contributed by atoms with Crippen molar-refractivity contribution in [2.75, 3.05) is 14.2 Å². The molecule has 1 aromatic carbocycles. The highest BCUT2D eigenvalue weighted by atomic mass is 35.7. The molecule has 0 radical (unpaired) electrons. The van der Waals surface area contributed by atoms with Crippen molar-refractivity contribution in [3.63, 3.8) is 0 Å². The molecule has 0 spiro atoms. The summed E-state index contributed by atoms with van der Waals surface area (Å²) in [4.78, 5) is 0. The number of ether oxygens (including phenoxy) is 2. The first kappa shape index (κ1) is 15.4. The van der Waals surface area contributed by atoms with Gasteiger partial charge in [0.25, 0.3) is 0 Å². The van der Waals surface area contributed by atoms with Crippen LogP contribution in [0.5, 0.6) is 11.5 Å². The third kappa shape index (κ3) is 3.43. The molecular weight excluding hydrogens is 299 g/mol. The summed E-state index contributed by atoms with van der Waals surface area (Å²) in [6, 6.07) is 1.52. The molecule has 0 heterocycles. The first-order chi connectivity index (χ1) is 8.34. The van der Waals surface area contributed by atoms with E-state index in [9.17, 15) is 8.42 Å². The minimum Gasteiger partial charge on any atom is -0.493 e. The van der Waals surface area contributed by atoms with Gasteiger partial charge in [0.2, 0.25) is 9.05 Å². The summed E-state index contributed by atoms with van der Waals surface area (Å²) in [5, 5.41) is 0.300. The van der Waals surface area contributed by atoms with Crippen molar-refractivity contribution in [1.29, 1.82) is 0 Å². The summed E-state index contributed by atoms with van der Waals surface area (Å²) in [6.07, 6.45) is 0.557. The fraction of sp³-hybridized carbons (Fsp3) is 0.455. The first-order valence-corrected chi connectivity index (χ1v) is 8.04. The summed E-state index contributed by atoms with van der Waals surface area (Å²) in [6.45, 7) is 1.87. The van der Waals surface area contributed by atoms with Crippen LogP contribution in [0.3, 0.4) is 0 Å². The van der Waals surface area contributed by atoms with Gasteiger partial charge in [-0.2, -0.15) is 0 Å². The van der Waals surface area contributed by atoms with Crippen LogP contribution in [0.4, 0.5) is 0 Å². The van der Waals surface area contributed by atoms with Gasteiger partial charge in [0.15, 0.2) is 11.5 Å². The molecule has 0 bridgehead atoms. The monoisotopic (exact) mass is 312 g/mol. The predicted octanol–water partition coefficient (Wildman–Crippen LogP) is 2.99. The fourth-order valence-corrected chi connectivity index (χ4v) is 3.14. The van der Waals surface area contributed by atoms with E-state index in [4.69, 9.17) is 31.8 Å². The van der Waals surface area contributed by atoms with Gasteiger partial charge in [0.1, 0.15) is 0 Å². The molecule has 18 heavy (non-hydrogen) atoms. The Morgan fingerprint density at radius 1 is 1.22 bits per heavy atom. The Bertz CT molecular complexity index is 540. The molecule has 102 valence electrons. The number of methoxy groups -OCH3 is 2. The lowest BCUT2D eigenvalue weighted by atomic mass is 10.0. The van der Waals surface area contributed by atoms with Crippen LogP contribution in [-0.4, -0.2) is 22.6 Å². The van der Waals surface area contributed by atoms with E-state index in [0.29, 0.717) is 34.1 Å². The molecule has 0 N–H and O–H groups in total. The van der Waals surface area contributed by atoms with Crippen molar-refractivity contribution in [1.82, 2.24) is 0 Å². The Morgan fingerprint density at radius 3 is 2.22 bits per heavy atom. The molecule has 0 aliphatic heterocycles. The minimum atomic E-state index is -3.69. The zero-order chi connectivity index (χ0) is 13.9. The predicted molar refractivity (Wildman–Crippen MR) is 72.4 cm³/mol. The number of rotatable bonds is 5. The Hall–Kier alpha value is -0.650. The summed E-state index contributed by atoms with van der Waals surface area (Å²) in [5.41, 5.74) is 1.14. The molecule has 1 rings (SSSR count). The Morgan fingerprint density at radius 2 is 1.83 bits per heavy atom. The summed E-state index contributed by atoms with van der Waals surface area (Å²) < 4.78 is 32.8. The molecule has 0 aliphatic rings. The SMILES string of the molecule is CCc1c(CS(=O)(=O)Cl)c(Cl)cc(OC)c1OC. The highest BCUT2D eigenvalue weighted by molar-refractivity contribution is 8.13. The Kier molecular flexibility index (Phi) is 5.13. The van der Waals surface area contributed by atoms with E-state index in [1.54, 1.807) is 0 Å². The second-order valence-corrected chi connectivity index (χ2v) is 6.77. The van der Waals surface area contributed by atoms with Crippen molar-refractivity contribution in [3.05, 3.63) is 22.2 Å². The molecular formula is C11H14Cl2O4S. The van der Waals surface area contributed by atoms with Crippen molar-refractivity contribution >= 4 is 31.3 Å². The van der Waals surface area contributed by atoms with Crippen LogP contribution in [0.15, 0.2) is 6.07 Å². The van der Waals surface area contributed by atoms with Crippen molar-refractivity contribution < 1.29 is 17.9 Å². The van der Waals surface area contributed by atoms with Crippen LogP contribution in [-0.2, 0) is 21.2 Å². The van der Waals surface area contributed by atoms with Crippen LogP contribution in [0.2, 0.25) is 5.02 Å². The molecule has 7 heteroatoms. The Balaban J connectivity index is 3.50. The summed E-state index contributed by atoms with van der Waals surface area (Å²) >= 11 is 6.07. The molecule has 0 fully saturated rings. The molecule has 0 saturated heterocycles. The van der Waals surface area contributed by atoms with E-state index in [2.05, 4.69) is 0 Å². The van der Waals surface area contributed by atoms with E-state index < -0.39 is 9.05 Å². The highest BCUT2D eigenvalue weighted by Gasteiger charge is 2.21. The van der Waals surface area contributed by atoms with E-state index in [0.717, 1.165) is 0 Å². The van der Waals surface area contributed by atoms with Crippen LogP contribution < -0.4 is 9.47 Å². The number of hydrogen-bond acceptors (Lipinski definition) is 4. The lowest BCUT2D eigenvalue weighted by Gasteiger charge is -2.16. The molecule has 0 atom stereocenters. The van der Waals surface area contributed by atoms with Gasteiger partial charge in [-0.3, -0.25) is 0 Å². The smallest absolute Gasteiger partial charge is 0.236 e. The molecule has 0 amide bonds. The normalized spacial score (nSPS) is 11.4. The van der Waals surface area contributed by atoms with Gasteiger partial charge in [-0.1, -0.05) is 18.5 Å². The van der Waals surface area contributed by atoms with Crippen LogP contribution in [0.1, 0.15) is 18.1 Å². The average molecular weight is 313 g/mol. The van der Waals surface area contributed by atoms with E-state index in [-0.39, 0.29) is 5.75 Å². The maximum absolute atomic E-state index is 11.2. The van der Waals surface area contributed by atoms with Crippen LogP contribution in [0.25, 0.3) is 0 Å². The third-order valence-corrected chi connectivity index (χ3v) is 3.80. The second-order valence-electron chi connectivity index (χ2n) is 3.59. The standard InChI is InChI=1S/C11H14Cl2O4S/c1-4-7-8(6-18(13,14)15)9(12)5-10(16-2)11(7)17-3/h5H,4,6H2,1-3H3. The zero-order valence-corrected chi connectivity index (χ0v) is 12.6. The van der Waals surface area contributed by atoms with Crippen LogP contribution >= 0.6 is 22.3 Å². The molecule has 0 unspecified atom stereocenters. The highest BCUT2D eigenvalue weighted by Crippen LogP contribution is 2.39. The molecule has 4 nitrogen and oxygen atoms in total. The van der Waals surface area contributed by atoms with Gasteiger partial charge in [-0.15, -0.1) is 0 Å². The zero-order valence-electron chi connectivity index (χ0n) is 10.3.